The van der Waals surface area contributed by atoms with Crippen LogP contribution in [-0.2, 0) is 4.74 Å². The lowest BCUT2D eigenvalue weighted by atomic mass is 9.69. The SMILES string of the molecule is CN1CCC2(CO2)C2(CCCC2)C1. The molecule has 1 aliphatic carbocycles. The summed E-state index contributed by atoms with van der Waals surface area (Å²) < 4.78 is 5.80. The van der Waals surface area contributed by atoms with Gasteiger partial charge in [-0.15, -0.1) is 0 Å². The molecule has 0 bridgehead atoms. The minimum Gasteiger partial charge on any atom is -0.369 e. The molecule has 13 heavy (non-hydrogen) atoms. The van der Waals surface area contributed by atoms with E-state index in [4.69, 9.17) is 4.74 Å². The van der Waals surface area contributed by atoms with Gasteiger partial charge in [-0.3, -0.25) is 0 Å². The molecule has 0 aromatic heterocycles. The van der Waals surface area contributed by atoms with Crippen LogP contribution in [0.1, 0.15) is 32.1 Å². The molecule has 74 valence electrons. The Balaban J connectivity index is 1.88. The summed E-state index contributed by atoms with van der Waals surface area (Å²) in [7, 11) is 2.26. The van der Waals surface area contributed by atoms with Crippen LogP contribution in [0.25, 0.3) is 0 Å². The Morgan fingerprint density at radius 3 is 2.46 bits per heavy atom. The van der Waals surface area contributed by atoms with Crippen molar-refractivity contribution in [3.63, 3.8) is 0 Å². The lowest BCUT2D eigenvalue weighted by Crippen LogP contribution is -2.51. The Bertz CT molecular complexity index is 216. The molecule has 1 saturated carbocycles. The van der Waals surface area contributed by atoms with E-state index in [1.807, 2.05) is 0 Å². The van der Waals surface area contributed by atoms with Gasteiger partial charge in [0.15, 0.2) is 0 Å². The van der Waals surface area contributed by atoms with Gasteiger partial charge in [0.05, 0.1) is 12.2 Å². The summed E-state index contributed by atoms with van der Waals surface area (Å²) in [5.74, 6) is 0. The second-order valence-electron chi connectivity index (χ2n) is 5.26. The third-order valence-corrected chi connectivity index (χ3v) is 4.49. The van der Waals surface area contributed by atoms with E-state index in [1.54, 1.807) is 0 Å². The second-order valence-corrected chi connectivity index (χ2v) is 5.26. The quantitative estimate of drug-likeness (QED) is 0.528. The van der Waals surface area contributed by atoms with Crippen molar-refractivity contribution in [3.05, 3.63) is 0 Å². The molecule has 1 atom stereocenters. The fourth-order valence-corrected chi connectivity index (χ4v) is 3.58. The summed E-state index contributed by atoms with van der Waals surface area (Å²) in [5.41, 5.74) is 0.899. The van der Waals surface area contributed by atoms with Crippen LogP contribution in [0.5, 0.6) is 0 Å². The molecular weight excluding hydrogens is 162 g/mol. The molecule has 2 heteroatoms. The number of ether oxygens (including phenoxy) is 1. The van der Waals surface area contributed by atoms with E-state index in [9.17, 15) is 0 Å². The largest absolute Gasteiger partial charge is 0.369 e. The number of hydrogen-bond acceptors (Lipinski definition) is 2. The summed E-state index contributed by atoms with van der Waals surface area (Å²) in [5, 5.41) is 0. The highest BCUT2D eigenvalue weighted by Crippen LogP contribution is 2.58. The highest BCUT2D eigenvalue weighted by molar-refractivity contribution is 5.13. The molecule has 2 heterocycles. The van der Waals surface area contributed by atoms with Crippen molar-refractivity contribution in [1.82, 2.24) is 4.90 Å². The van der Waals surface area contributed by atoms with Crippen LogP contribution < -0.4 is 0 Å². The zero-order valence-electron chi connectivity index (χ0n) is 8.51. The molecule has 2 aliphatic heterocycles. The lowest BCUT2D eigenvalue weighted by molar-refractivity contribution is 0.0153. The summed E-state index contributed by atoms with van der Waals surface area (Å²) in [6, 6.07) is 0. The Kier molecular flexibility index (Phi) is 1.58. The van der Waals surface area contributed by atoms with Gasteiger partial charge in [-0.2, -0.15) is 0 Å². The molecule has 2 nitrogen and oxygen atoms in total. The molecule has 0 amide bonds. The first kappa shape index (κ1) is 8.25. The van der Waals surface area contributed by atoms with Crippen LogP contribution in [0.3, 0.4) is 0 Å². The first-order valence-corrected chi connectivity index (χ1v) is 5.59. The van der Waals surface area contributed by atoms with Crippen molar-refractivity contribution >= 4 is 0 Å². The van der Waals surface area contributed by atoms with E-state index in [0.29, 0.717) is 11.0 Å². The van der Waals surface area contributed by atoms with Crippen molar-refractivity contribution in [2.24, 2.45) is 5.41 Å². The first-order valence-electron chi connectivity index (χ1n) is 5.59. The fourth-order valence-electron chi connectivity index (χ4n) is 3.58. The smallest absolute Gasteiger partial charge is 0.0996 e. The number of piperidine rings is 1. The van der Waals surface area contributed by atoms with E-state index in [1.165, 1.54) is 45.2 Å². The third-order valence-electron chi connectivity index (χ3n) is 4.49. The Morgan fingerprint density at radius 1 is 1.15 bits per heavy atom. The van der Waals surface area contributed by atoms with E-state index in [0.717, 1.165) is 6.61 Å². The molecule has 0 aromatic carbocycles. The van der Waals surface area contributed by atoms with Gasteiger partial charge >= 0.3 is 0 Å². The maximum absolute atomic E-state index is 5.80. The van der Waals surface area contributed by atoms with Crippen molar-refractivity contribution in [2.75, 3.05) is 26.7 Å². The standard InChI is InChI=1S/C11H19NO/c1-12-7-6-11(9-13-11)10(8-12)4-2-3-5-10/h2-9H2,1H3. The van der Waals surface area contributed by atoms with Crippen molar-refractivity contribution in [2.45, 2.75) is 37.7 Å². The second kappa shape index (κ2) is 2.48. The topological polar surface area (TPSA) is 15.8 Å². The summed E-state index contributed by atoms with van der Waals surface area (Å²) in [6.07, 6.45) is 6.97. The number of epoxide rings is 1. The number of likely N-dealkylation sites (tertiary alicyclic amines) is 1. The first-order chi connectivity index (χ1) is 6.27. The molecule has 3 fully saturated rings. The maximum Gasteiger partial charge on any atom is 0.0996 e. The molecule has 3 aliphatic rings. The molecule has 0 N–H and O–H groups in total. The van der Waals surface area contributed by atoms with Crippen molar-refractivity contribution in [3.8, 4) is 0 Å². The van der Waals surface area contributed by atoms with Gasteiger partial charge < -0.3 is 9.64 Å². The normalized spacial score (nSPS) is 43.2. The molecule has 0 aromatic rings. The zero-order chi connectivity index (χ0) is 8.94. The van der Waals surface area contributed by atoms with E-state index < -0.39 is 0 Å². The lowest BCUT2D eigenvalue weighted by Gasteiger charge is -2.44. The number of rotatable bonds is 0. The van der Waals surface area contributed by atoms with Crippen LogP contribution in [0.15, 0.2) is 0 Å². The van der Waals surface area contributed by atoms with Crippen LogP contribution in [-0.4, -0.2) is 37.2 Å². The van der Waals surface area contributed by atoms with Gasteiger partial charge in [-0.1, -0.05) is 12.8 Å². The van der Waals surface area contributed by atoms with Gasteiger partial charge in [0.2, 0.25) is 0 Å². The van der Waals surface area contributed by atoms with Crippen LogP contribution in [0.4, 0.5) is 0 Å². The summed E-state index contributed by atoms with van der Waals surface area (Å²) in [4.78, 5) is 2.50. The summed E-state index contributed by atoms with van der Waals surface area (Å²) in [6.45, 7) is 3.58. The molecule has 0 radical (unpaired) electrons. The predicted octanol–water partition coefficient (Wildman–Crippen LogP) is 1.65. The van der Waals surface area contributed by atoms with Gasteiger partial charge in [0.1, 0.15) is 0 Å². The van der Waals surface area contributed by atoms with E-state index in [2.05, 4.69) is 11.9 Å². The predicted molar refractivity (Wildman–Crippen MR) is 51.7 cm³/mol. The molecule has 2 spiro atoms. The minimum absolute atomic E-state index is 0.343. The number of nitrogens with zero attached hydrogens (tertiary/aromatic N) is 1. The maximum atomic E-state index is 5.80. The van der Waals surface area contributed by atoms with Gasteiger partial charge in [0.25, 0.3) is 0 Å². The van der Waals surface area contributed by atoms with Crippen molar-refractivity contribution in [1.29, 1.82) is 0 Å². The Labute approximate surface area is 80.2 Å². The van der Waals surface area contributed by atoms with Crippen molar-refractivity contribution < 1.29 is 4.74 Å². The summed E-state index contributed by atoms with van der Waals surface area (Å²) >= 11 is 0. The van der Waals surface area contributed by atoms with Gasteiger partial charge in [-0.05, 0) is 26.3 Å². The molecule has 2 saturated heterocycles. The Morgan fingerprint density at radius 2 is 1.85 bits per heavy atom. The minimum atomic E-state index is 0.343. The highest BCUT2D eigenvalue weighted by Gasteiger charge is 2.63. The van der Waals surface area contributed by atoms with E-state index in [-0.39, 0.29) is 0 Å². The number of hydrogen-bond donors (Lipinski definition) is 0. The molecule has 1 unspecified atom stereocenters. The highest BCUT2D eigenvalue weighted by atomic mass is 16.6. The number of fused-ring (bicyclic) bond motifs is 1. The Hall–Kier alpha value is -0.0800. The molecular formula is C11H19NO. The fraction of sp³-hybridized carbons (Fsp3) is 1.00. The van der Waals surface area contributed by atoms with Gasteiger partial charge in [0, 0.05) is 18.5 Å². The van der Waals surface area contributed by atoms with E-state index >= 15 is 0 Å². The molecule has 3 rings (SSSR count). The van der Waals surface area contributed by atoms with Crippen LogP contribution in [0, 0.1) is 5.41 Å². The third kappa shape index (κ3) is 1.02. The average molecular weight is 181 g/mol. The van der Waals surface area contributed by atoms with Gasteiger partial charge in [-0.25, -0.2) is 0 Å². The average Bonchev–Trinajstić information content (AvgIpc) is 2.77. The van der Waals surface area contributed by atoms with Crippen LogP contribution in [0.2, 0.25) is 0 Å². The zero-order valence-corrected chi connectivity index (χ0v) is 8.51. The van der Waals surface area contributed by atoms with Crippen LogP contribution >= 0.6 is 0 Å². The monoisotopic (exact) mass is 181 g/mol.